The third kappa shape index (κ3) is 5.32. The molecule has 0 unspecified atom stereocenters. The molecule has 0 radical (unpaired) electrons. The number of hydrogen-bond donors (Lipinski definition) is 1. The van der Waals surface area contributed by atoms with E-state index in [0.29, 0.717) is 37.4 Å². The summed E-state index contributed by atoms with van der Waals surface area (Å²) in [6.45, 7) is 2.52. The van der Waals surface area contributed by atoms with Crippen LogP contribution in [-0.2, 0) is 0 Å². The van der Waals surface area contributed by atoms with Gasteiger partial charge >= 0.3 is 6.18 Å². The summed E-state index contributed by atoms with van der Waals surface area (Å²) in [5.74, 6) is 0.172. The van der Waals surface area contributed by atoms with E-state index in [0.717, 1.165) is 5.56 Å². The minimum absolute atomic E-state index is 0.0918. The summed E-state index contributed by atoms with van der Waals surface area (Å²) < 4.78 is 36.9. The molecule has 1 amide bonds. The Kier molecular flexibility index (Phi) is 5.27. The molecule has 1 aliphatic heterocycles. The van der Waals surface area contributed by atoms with Crippen molar-refractivity contribution in [1.82, 2.24) is 10.2 Å². The van der Waals surface area contributed by atoms with Crippen LogP contribution in [0.5, 0.6) is 0 Å². The minimum atomic E-state index is -4.13. The Morgan fingerprint density at radius 3 is 2.62 bits per heavy atom. The number of carbonyl (C=O) groups is 1. The highest BCUT2D eigenvalue weighted by atomic mass is 32.1. The fourth-order valence-corrected chi connectivity index (χ4v) is 3.29. The fraction of sp³-hybridized carbons (Fsp3) is 0.643. The number of rotatable bonds is 4. The zero-order valence-electron chi connectivity index (χ0n) is 11.9. The zero-order valence-corrected chi connectivity index (χ0v) is 12.7. The van der Waals surface area contributed by atoms with Crippen molar-refractivity contribution in [2.75, 3.05) is 26.2 Å². The van der Waals surface area contributed by atoms with E-state index in [9.17, 15) is 18.0 Å². The van der Waals surface area contributed by atoms with Crippen LogP contribution in [0.3, 0.4) is 0 Å². The zero-order chi connectivity index (χ0) is 15.5. The number of amides is 1. The Morgan fingerprint density at radius 1 is 1.43 bits per heavy atom. The van der Waals surface area contributed by atoms with E-state index in [1.807, 2.05) is 18.4 Å². The number of carbonyl (C=O) groups excluding carboxylic acids is 1. The lowest BCUT2D eigenvalue weighted by molar-refractivity contribution is -0.148. The average molecular weight is 320 g/mol. The van der Waals surface area contributed by atoms with Crippen molar-refractivity contribution in [3.05, 3.63) is 21.9 Å². The lowest BCUT2D eigenvalue weighted by atomic mass is 9.97. The van der Waals surface area contributed by atoms with E-state index in [1.165, 1.54) is 16.2 Å². The van der Waals surface area contributed by atoms with Crippen molar-refractivity contribution < 1.29 is 18.0 Å². The molecule has 1 fully saturated rings. The molecule has 7 heteroatoms. The summed E-state index contributed by atoms with van der Waals surface area (Å²) >= 11 is 1.41. The van der Waals surface area contributed by atoms with Crippen molar-refractivity contribution >= 4 is 17.2 Å². The number of alkyl halides is 3. The number of aryl methyl sites for hydroxylation is 1. The maximum atomic E-state index is 12.3. The van der Waals surface area contributed by atoms with Gasteiger partial charge in [-0.15, -0.1) is 11.3 Å². The second-order valence-electron chi connectivity index (χ2n) is 5.53. The topological polar surface area (TPSA) is 32.3 Å². The molecule has 1 aromatic heterocycles. The molecule has 3 nitrogen and oxygen atoms in total. The quantitative estimate of drug-likeness (QED) is 0.925. The van der Waals surface area contributed by atoms with Gasteiger partial charge in [0.1, 0.15) is 0 Å². The minimum Gasteiger partial charge on any atom is -0.351 e. The van der Waals surface area contributed by atoms with Crippen molar-refractivity contribution in [3.8, 4) is 0 Å². The van der Waals surface area contributed by atoms with E-state index >= 15 is 0 Å². The second kappa shape index (κ2) is 6.79. The van der Waals surface area contributed by atoms with Crippen LogP contribution >= 0.6 is 11.3 Å². The molecular weight excluding hydrogens is 301 g/mol. The van der Waals surface area contributed by atoms with Gasteiger partial charge in [-0.05, 0) is 55.8 Å². The highest BCUT2D eigenvalue weighted by molar-refractivity contribution is 7.12. The van der Waals surface area contributed by atoms with Gasteiger partial charge in [0.25, 0.3) is 5.91 Å². The molecule has 0 spiro atoms. The first kappa shape index (κ1) is 16.3. The highest BCUT2D eigenvalue weighted by Gasteiger charge is 2.32. The Labute approximate surface area is 126 Å². The van der Waals surface area contributed by atoms with Gasteiger partial charge in [0.2, 0.25) is 0 Å². The second-order valence-corrected chi connectivity index (χ2v) is 6.44. The molecule has 1 aromatic rings. The van der Waals surface area contributed by atoms with Crippen LogP contribution in [0.15, 0.2) is 11.4 Å². The molecule has 0 aliphatic carbocycles. The number of thiophene rings is 1. The molecule has 0 bridgehead atoms. The molecule has 2 rings (SSSR count). The number of nitrogens with one attached hydrogen (secondary N) is 1. The number of nitrogens with zero attached hydrogens (tertiary/aromatic N) is 1. The smallest absolute Gasteiger partial charge is 0.351 e. The van der Waals surface area contributed by atoms with E-state index in [4.69, 9.17) is 0 Å². The van der Waals surface area contributed by atoms with Gasteiger partial charge in [-0.3, -0.25) is 9.69 Å². The summed E-state index contributed by atoms with van der Waals surface area (Å²) in [4.78, 5) is 14.0. The normalized spacial score (nSPS) is 17.9. The summed E-state index contributed by atoms with van der Waals surface area (Å²) in [7, 11) is 0. The molecule has 118 valence electrons. The van der Waals surface area contributed by atoms with Crippen molar-refractivity contribution in [2.45, 2.75) is 25.9 Å². The first-order valence-electron chi connectivity index (χ1n) is 6.96. The van der Waals surface area contributed by atoms with E-state index in [2.05, 4.69) is 5.32 Å². The maximum Gasteiger partial charge on any atom is 0.401 e. The molecule has 2 heterocycles. The van der Waals surface area contributed by atoms with Gasteiger partial charge in [-0.25, -0.2) is 0 Å². The van der Waals surface area contributed by atoms with E-state index in [1.54, 1.807) is 0 Å². The number of halogens is 3. The summed E-state index contributed by atoms with van der Waals surface area (Å²) in [5.41, 5.74) is 1.06. The van der Waals surface area contributed by atoms with Gasteiger partial charge < -0.3 is 5.32 Å². The molecule has 0 atom stereocenters. The summed E-state index contributed by atoms with van der Waals surface area (Å²) in [6, 6.07) is 1.84. The molecule has 0 saturated carbocycles. The first-order chi connectivity index (χ1) is 9.83. The van der Waals surface area contributed by atoms with Crippen molar-refractivity contribution in [3.63, 3.8) is 0 Å². The van der Waals surface area contributed by atoms with Crippen LogP contribution in [0.4, 0.5) is 13.2 Å². The van der Waals surface area contributed by atoms with Crippen LogP contribution in [-0.4, -0.2) is 43.2 Å². The van der Waals surface area contributed by atoms with Gasteiger partial charge in [0.15, 0.2) is 0 Å². The van der Waals surface area contributed by atoms with Crippen molar-refractivity contribution in [2.24, 2.45) is 5.92 Å². The Bertz CT molecular complexity index is 479. The Balaban J connectivity index is 1.70. The monoisotopic (exact) mass is 320 g/mol. The fourth-order valence-electron chi connectivity index (χ4n) is 2.48. The Morgan fingerprint density at radius 2 is 2.10 bits per heavy atom. The van der Waals surface area contributed by atoms with Crippen LogP contribution in [0.2, 0.25) is 0 Å². The third-order valence-electron chi connectivity index (χ3n) is 3.62. The molecule has 0 aromatic carbocycles. The van der Waals surface area contributed by atoms with E-state index in [-0.39, 0.29) is 11.8 Å². The lowest BCUT2D eigenvalue weighted by Gasteiger charge is -2.32. The number of hydrogen-bond acceptors (Lipinski definition) is 3. The van der Waals surface area contributed by atoms with Gasteiger partial charge in [-0.1, -0.05) is 0 Å². The number of piperidine rings is 1. The molecule has 1 saturated heterocycles. The van der Waals surface area contributed by atoms with Gasteiger partial charge in [-0.2, -0.15) is 13.2 Å². The number of likely N-dealkylation sites (tertiary alicyclic amines) is 1. The predicted octanol–water partition coefficient (Wildman–Crippen LogP) is 3.06. The van der Waals surface area contributed by atoms with Crippen molar-refractivity contribution in [1.29, 1.82) is 0 Å². The lowest BCUT2D eigenvalue weighted by Crippen LogP contribution is -2.42. The van der Waals surface area contributed by atoms with Crippen LogP contribution in [0.25, 0.3) is 0 Å². The molecule has 21 heavy (non-hydrogen) atoms. The predicted molar refractivity (Wildman–Crippen MR) is 76.6 cm³/mol. The van der Waals surface area contributed by atoms with Gasteiger partial charge in [0.05, 0.1) is 11.4 Å². The van der Waals surface area contributed by atoms with Crippen LogP contribution in [0, 0.1) is 12.8 Å². The maximum absolute atomic E-state index is 12.3. The SMILES string of the molecule is Cc1csc(C(=O)NCC2CCN(CC(F)(F)F)CC2)c1. The highest BCUT2D eigenvalue weighted by Crippen LogP contribution is 2.22. The Hall–Kier alpha value is -1.08. The standard InChI is InChI=1S/C14H19F3N2OS/c1-10-6-12(21-8-10)13(20)18-7-11-2-4-19(5-3-11)9-14(15,16)17/h6,8,11H,2-5,7,9H2,1H3,(H,18,20). The summed E-state index contributed by atoms with van der Waals surface area (Å²) in [5, 5.41) is 4.80. The average Bonchev–Trinajstić information content (AvgIpc) is 2.82. The third-order valence-corrected chi connectivity index (χ3v) is 4.66. The summed E-state index contributed by atoms with van der Waals surface area (Å²) in [6.07, 6.45) is -2.74. The van der Waals surface area contributed by atoms with Crippen LogP contribution in [0.1, 0.15) is 28.1 Å². The molecule has 1 N–H and O–H groups in total. The molecular formula is C14H19F3N2OS. The largest absolute Gasteiger partial charge is 0.401 e. The van der Waals surface area contributed by atoms with Gasteiger partial charge in [0, 0.05) is 6.54 Å². The van der Waals surface area contributed by atoms with E-state index < -0.39 is 12.7 Å². The molecule has 1 aliphatic rings. The first-order valence-corrected chi connectivity index (χ1v) is 7.84. The van der Waals surface area contributed by atoms with Crippen LogP contribution < -0.4 is 5.32 Å².